The minimum atomic E-state index is 0. The Morgan fingerprint density at radius 3 is 0.560 bits per heavy atom. The van der Waals surface area contributed by atoms with Crippen LogP contribution in [0, 0.1) is 0 Å². The number of unbranched alkanes of at least 4 members (excludes halogenated alkanes) is 36. The van der Waals surface area contributed by atoms with Gasteiger partial charge in [0.25, 0.3) is 0 Å². The Labute approximate surface area is 328 Å². The molecule has 0 aliphatic carbocycles. The lowest BCUT2D eigenvalue weighted by Gasteiger charge is -2.22. The lowest BCUT2D eigenvalue weighted by molar-refractivity contribution is 0.519. The Morgan fingerprint density at radius 2 is 0.400 bits per heavy atom. The second-order valence-electron chi connectivity index (χ2n) is 16.7. The number of hydrogen-bond donors (Lipinski definition) is 0. The summed E-state index contributed by atoms with van der Waals surface area (Å²) in [5.41, 5.74) is 2.05. The predicted octanol–water partition coefficient (Wildman–Crippen LogP) is 19.3. The van der Waals surface area contributed by atoms with Crippen LogP contribution in [0.15, 0.2) is 0 Å². The van der Waals surface area contributed by atoms with Crippen molar-refractivity contribution in [2.24, 2.45) is 0 Å². The topological polar surface area (TPSA) is 0 Å². The number of rotatable bonds is 44. The molecule has 304 valence electrons. The van der Waals surface area contributed by atoms with Crippen LogP contribution in [0.1, 0.15) is 297 Å². The van der Waals surface area contributed by atoms with Crippen LogP contribution in [-0.2, 0) is 0 Å². The van der Waals surface area contributed by atoms with E-state index in [1.807, 2.05) is 0 Å². The van der Waals surface area contributed by atoms with Crippen molar-refractivity contribution in [1.82, 2.24) is 0 Å². The first kappa shape index (κ1) is 52.8. The number of halogens is 1. The van der Waals surface area contributed by atoms with E-state index >= 15 is 0 Å². The molecule has 0 saturated heterocycles. The fourth-order valence-electron chi connectivity index (χ4n) is 8.08. The van der Waals surface area contributed by atoms with E-state index in [-0.39, 0.29) is 12.4 Å². The van der Waals surface area contributed by atoms with Gasteiger partial charge in [0.05, 0.1) is 0 Å². The first-order chi connectivity index (χ1) is 24.3. The molecule has 0 N–H and O–H groups in total. The van der Waals surface area contributed by atoms with Gasteiger partial charge in [-0.05, 0) is 37.0 Å². The summed E-state index contributed by atoms with van der Waals surface area (Å²) < 4.78 is 0. The first-order valence-electron chi connectivity index (χ1n) is 24.0. The standard InChI is InChI=1S/C48H99P.ClH/c1-5-9-11-13-15-17-19-21-23-25-27-29-31-33-35-37-39-41-43-45-47(7-3)49-48(8-4)46-44-42-40-38-36-34-32-30-28-26-24-22-20-18-16-14-12-10-6-2;/h47-49H,5-46H2,1-4H3;1H. The summed E-state index contributed by atoms with van der Waals surface area (Å²) in [6, 6.07) is 0. The summed E-state index contributed by atoms with van der Waals surface area (Å²) in [6.07, 6.45) is 62.2. The van der Waals surface area contributed by atoms with Gasteiger partial charge >= 0.3 is 0 Å². The van der Waals surface area contributed by atoms with E-state index < -0.39 is 0 Å². The fraction of sp³-hybridized carbons (Fsp3) is 1.00. The van der Waals surface area contributed by atoms with E-state index in [4.69, 9.17) is 0 Å². The van der Waals surface area contributed by atoms with Crippen molar-refractivity contribution in [1.29, 1.82) is 0 Å². The van der Waals surface area contributed by atoms with Crippen molar-refractivity contribution in [2.45, 2.75) is 309 Å². The van der Waals surface area contributed by atoms with Crippen LogP contribution < -0.4 is 0 Å². The Balaban J connectivity index is 0. The van der Waals surface area contributed by atoms with Gasteiger partial charge in [0.15, 0.2) is 0 Å². The molecule has 2 heteroatoms. The summed E-state index contributed by atoms with van der Waals surface area (Å²) in [6.45, 7) is 9.57. The minimum Gasteiger partial charge on any atom is -0.147 e. The average Bonchev–Trinajstić information content (AvgIpc) is 3.12. The van der Waals surface area contributed by atoms with Crippen molar-refractivity contribution in [3.05, 3.63) is 0 Å². The molecule has 0 aliphatic heterocycles. The molecule has 2 unspecified atom stereocenters. The van der Waals surface area contributed by atoms with E-state index in [2.05, 4.69) is 27.7 Å². The van der Waals surface area contributed by atoms with Crippen LogP contribution in [0.5, 0.6) is 0 Å². The van der Waals surface area contributed by atoms with Crippen molar-refractivity contribution in [3.8, 4) is 0 Å². The molecule has 0 spiro atoms. The molecule has 0 aliphatic rings. The summed E-state index contributed by atoms with van der Waals surface area (Å²) >= 11 is 0. The Hall–Kier alpha value is 0.720. The fourth-order valence-corrected chi connectivity index (χ4v) is 9.96. The first-order valence-corrected chi connectivity index (χ1v) is 25.2. The third-order valence-electron chi connectivity index (χ3n) is 11.8. The van der Waals surface area contributed by atoms with E-state index in [9.17, 15) is 0 Å². The molecule has 0 aromatic carbocycles. The molecule has 0 rings (SSSR count). The van der Waals surface area contributed by atoms with E-state index in [1.54, 1.807) is 0 Å². The highest BCUT2D eigenvalue weighted by molar-refractivity contribution is 7.39. The van der Waals surface area contributed by atoms with Gasteiger partial charge in [0, 0.05) is 0 Å². The van der Waals surface area contributed by atoms with E-state index in [0.717, 1.165) is 11.3 Å². The Morgan fingerprint density at radius 1 is 0.240 bits per heavy atom. The molecule has 0 aromatic heterocycles. The molecule has 0 nitrogen and oxygen atoms in total. The maximum Gasteiger partial charge on any atom is -0.0237 e. The normalized spacial score (nSPS) is 13.0. The smallest absolute Gasteiger partial charge is 0.0237 e. The molecule has 0 aromatic rings. The van der Waals surface area contributed by atoms with Gasteiger partial charge in [0.1, 0.15) is 0 Å². The lowest BCUT2D eigenvalue weighted by Crippen LogP contribution is -2.08. The molecule has 50 heavy (non-hydrogen) atoms. The zero-order valence-corrected chi connectivity index (χ0v) is 37.6. The molecular weight excluding hydrogens is 643 g/mol. The van der Waals surface area contributed by atoms with Crippen LogP contribution in [0.4, 0.5) is 0 Å². The van der Waals surface area contributed by atoms with Crippen LogP contribution >= 0.6 is 21.0 Å². The van der Waals surface area contributed by atoms with Gasteiger partial charge in [-0.2, -0.15) is 0 Å². The third-order valence-corrected chi connectivity index (χ3v) is 14.1. The molecule has 0 radical (unpaired) electrons. The Kier molecular flexibility index (Phi) is 50.4. The lowest BCUT2D eigenvalue weighted by atomic mass is 10.0. The molecule has 2 atom stereocenters. The monoisotopic (exact) mass is 743 g/mol. The van der Waals surface area contributed by atoms with Crippen LogP contribution in [0.25, 0.3) is 0 Å². The molecule has 0 amide bonds. The summed E-state index contributed by atoms with van der Waals surface area (Å²) in [7, 11) is 1.24. The predicted molar refractivity (Wildman–Crippen MR) is 240 cm³/mol. The zero-order valence-electron chi connectivity index (χ0n) is 35.8. The average molecular weight is 744 g/mol. The maximum atomic E-state index is 2.47. The van der Waals surface area contributed by atoms with Gasteiger partial charge < -0.3 is 0 Å². The second-order valence-corrected chi connectivity index (χ2v) is 18.6. The highest BCUT2D eigenvalue weighted by Crippen LogP contribution is 2.36. The van der Waals surface area contributed by atoms with Gasteiger partial charge in [-0.25, -0.2) is 0 Å². The van der Waals surface area contributed by atoms with Gasteiger partial charge in [-0.3, -0.25) is 0 Å². The summed E-state index contributed by atoms with van der Waals surface area (Å²) in [5.74, 6) is 0. The Bertz CT molecular complexity index is 516. The van der Waals surface area contributed by atoms with E-state index in [0.29, 0.717) is 0 Å². The van der Waals surface area contributed by atoms with E-state index in [1.165, 1.54) is 278 Å². The maximum absolute atomic E-state index is 2.47. The highest BCUT2D eigenvalue weighted by Gasteiger charge is 2.13. The van der Waals surface area contributed by atoms with Crippen molar-refractivity contribution in [2.75, 3.05) is 0 Å². The molecule has 0 saturated carbocycles. The third kappa shape index (κ3) is 43.1. The molecular formula is C48H100ClP. The second kappa shape index (κ2) is 47.7. The SMILES string of the molecule is CCCCCCCCCCCCCCCCCCCCCC(CC)PC(CC)CCCCCCCCCCCCCCCCCCCCC.Cl. The minimum absolute atomic E-state index is 0. The largest absolute Gasteiger partial charge is 0.147 e. The summed E-state index contributed by atoms with van der Waals surface area (Å²) in [4.78, 5) is 0. The molecule has 0 fully saturated rings. The highest BCUT2D eigenvalue weighted by atomic mass is 35.5. The van der Waals surface area contributed by atoms with Crippen molar-refractivity contribution in [3.63, 3.8) is 0 Å². The number of hydrogen-bond acceptors (Lipinski definition) is 0. The van der Waals surface area contributed by atoms with Crippen LogP contribution in [-0.4, -0.2) is 11.3 Å². The van der Waals surface area contributed by atoms with Gasteiger partial charge in [-0.15, -0.1) is 21.0 Å². The van der Waals surface area contributed by atoms with Gasteiger partial charge in [-0.1, -0.05) is 272 Å². The zero-order chi connectivity index (χ0) is 35.6. The quantitative estimate of drug-likeness (QED) is 0.0431. The molecule has 0 heterocycles. The van der Waals surface area contributed by atoms with Gasteiger partial charge in [0.2, 0.25) is 0 Å². The molecule has 0 bridgehead atoms. The van der Waals surface area contributed by atoms with Crippen LogP contribution in [0.2, 0.25) is 0 Å². The van der Waals surface area contributed by atoms with Crippen LogP contribution in [0.3, 0.4) is 0 Å². The van der Waals surface area contributed by atoms with Crippen molar-refractivity contribution < 1.29 is 0 Å². The van der Waals surface area contributed by atoms with Crippen molar-refractivity contribution >= 4 is 21.0 Å². The summed E-state index contributed by atoms with van der Waals surface area (Å²) in [5, 5.41) is 0.